The molecule has 2 aromatic rings. The predicted molar refractivity (Wildman–Crippen MR) is 147 cm³/mol. The van der Waals surface area contributed by atoms with Gasteiger partial charge in [-0.25, -0.2) is 4.79 Å². The fourth-order valence-corrected chi connectivity index (χ4v) is 4.17. The van der Waals surface area contributed by atoms with Crippen LogP contribution in [-0.2, 0) is 19.1 Å². The molecule has 9 nitrogen and oxygen atoms in total. The number of aryl methyl sites for hydroxylation is 3. The van der Waals surface area contributed by atoms with Crippen molar-refractivity contribution in [3.05, 3.63) is 64.7 Å². The Morgan fingerprint density at radius 2 is 1.61 bits per heavy atom. The topological polar surface area (TPSA) is 131 Å². The molecule has 9 heteroatoms. The number of carbonyl (C=O) groups is 4. The molecule has 0 aliphatic carbocycles. The molecule has 0 bridgehead atoms. The number of benzene rings is 2. The number of alkyl carbamates (subject to hydrolysis) is 1. The molecule has 4 amide bonds. The Labute approximate surface area is 225 Å². The Hall–Kier alpha value is -3.88. The van der Waals surface area contributed by atoms with Crippen molar-refractivity contribution >= 4 is 29.5 Å². The molecule has 0 saturated carbocycles. The molecule has 2 rings (SSSR count). The molecule has 0 spiro atoms. The second kappa shape index (κ2) is 13.1. The lowest BCUT2D eigenvalue weighted by atomic mass is 9.99. The van der Waals surface area contributed by atoms with Crippen molar-refractivity contribution in [2.75, 3.05) is 11.9 Å². The van der Waals surface area contributed by atoms with Crippen LogP contribution in [0.5, 0.6) is 0 Å². The molecule has 0 fully saturated rings. The lowest BCUT2D eigenvalue weighted by Gasteiger charge is -2.34. The van der Waals surface area contributed by atoms with Gasteiger partial charge in [0.05, 0.1) is 6.42 Å². The smallest absolute Gasteiger partial charge is 0.408 e. The lowest BCUT2D eigenvalue weighted by molar-refractivity contribution is -0.141. The van der Waals surface area contributed by atoms with Crippen LogP contribution in [0.15, 0.2) is 42.5 Å². The third kappa shape index (κ3) is 8.61. The van der Waals surface area contributed by atoms with Crippen molar-refractivity contribution in [1.82, 2.24) is 10.2 Å². The number of nitrogens with one attached hydrogen (secondary N) is 2. The van der Waals surface area contributed by atoms with E-state index in [1.54, 1.807) is 26.8 Å². The van der Waals surface area contributed by atoms with Gasteiger partial charge in [-0.05, 0) is 64.7 Å². The average Bonchev–Trinajstić information content (AvgIpc) is 2.79. The maximum atomic E-state index is 13.9. The molecular weight excluding hydrogens is 484 g/mol. The van der Waals surface area contributed by atoms with Gasteiger partial charge in [0.2, 0.25) is 11.8 Å². The standard InChI is InChI=1S/C29H40N4O5/c1-8-15-33(27(36)22(17-23(30)34)31-28(37)38-29(5,6)7)25(21-14-9-11-18(2)16-21)26(35)32-24-19(3)12-10-13-20(24)4/h9-14,16,22,25H,8,15,17H2,1-7H3,(H2,30,34)(H,31,37)(H,32,35). The second-order valence-corrected chi connectivity index (χ2v) is 10.5. The molecular formula is C29H40N4O5. The summed E-state index contributed by atoms with van der Waals surface area (Å²) in [4.78, 5) is 53.6. The van der Waals surface area contributed by atoms with Crippen LogP contribution in [0.4, 0.5) is 10.5 Å². The zero-order chi connectivity index (χ0) is 28.6. The molecule has 0 aliphatic rings. The fourth-order valence-electron chi connectivity index (χ4n) is 4.17. The quantitative estimate of drug-likeness (QED) is 0.427. The molecule has 0 heterocycles. The van der Waals surface area contributed by atoms with E-state index >= 15 is 0 Å². The van der Waals surface area contributed by atoms with E-state index in [1.165, 1.54) is 4.90 Å². The van der Waals surface area contributed by atoms with Crippen LogP contribution in [0, 0.1) is 20.8 Å². The average molecular weight is 525 g/mol. The fraction of sp³-hybridized carbons (Fsp3) is 0.448. The number of nitrogens with two attached hydrogens (primary N) is 1. The van der Waals surface area contributed by atoms with Crippen molar-refractivity contribution in [3.63, 3.8) is 0 Å². The summed E-state index contributed by atoms with van der Waals surface area (Å²) in [6.07, 6.45) is -0.779. The van der Waals surface area contributed by atoms with Gasteiger partial charge in [-0.15, -0.1) is 0 Å². The Balaban J connectivity index is 2.55. The highest BCUT2D eigenvalue weighted by Gasteiger charge is 2.37. The first-order valence-electron chi connectivity index (χ1n) is 12.8. The predicted octanol–water partition coefficient (Wildman–Crippen LogP) is 4.30. The van der Waals surface area contributed by atoms with Crippen molar-refractivity contribution < 1.29 is 23.9 Å². The summed E-state index contributed by atoms with van der Waals surface area (Å²) in [6.45, 7) is 12.8. The maximum Gasteiger partial charge on any atom is 0.408 e. The van der Waals surface area contributed by atoms with E-state index in [2.05, 4.69) is 10.6 Å². The van der Waals surface area contributed by atoms with Crippen molar-refractivity contribution in [2.24, 2.45) is 5.73 Å². The minimum absolute atomic E-state index is 0.197. The first kappa shape index (κ1) is 30.3. The highest BCUT2D eigenvalue weighted by molar-refractivity contribution is 6.00. The Kier molecular flexibility index (Phi) is 10.4. The van der Waals surface area contributed by atoms with E-state index in [4.69, 9.17) is 10.5 Å². The summed E-state index contributed by atoms with van der Waals surface area (Å²) in [6, 6.07) is 10.7. The molecule has 38 heavy (non-hydrogen) atoms. The van der Waals surface area contributed by atoms with Crippen molar-refractivity contribution in [1.29, 1.82) is 0 Å². The van der Waals surface area contributed by atoms with Gasteiger partial charge in [0.1, 0.15) is 17.7 Å². The van der Waals surface area contributed by atoms with Gasteiger partial charge in [-0.1, -0.05) is 55.0 Å². The molecule has 0 radical (unpaired) electrons. The molecule has 2 aromatic carbocycles. The second-order valence-electron chi connectivity index (χ2n) is 10.5. The molecule has 2 unspecified atom stereocenters. The van der Waals surface area contributed by atoms with Crippen LogP contribution in [0.3, 0.4) is 0 Å². The van der Waals surface area contributed by atoms with E-state index in [0.717, 1.165) is 16.7 Å². The SMILES string of the molecule is CCCN(C(=O)C(CC(N)=O)NC(=O)OC(C)(C)C)C(C(=O)Nc1c(C)cccc1C)c1cccc(C)c1. The lowest BCUT2D eigenvalue weighted by Crippen LogP contribution is -2.53. The van der Waals surface area contributed by atoms with Crippen LogP contribution in [0.2, 0.25) is 0 Å². The van der Waals surface area contributed by atoms with E-state index in [1.807, 2.05) is 64.1 Å². The Morgan fingerprint density at radius 3 is 2.13 bits per heavy atom. The summed E-state index contributed by atoms with van der Waals surface area (Å²) in [5.74, 6) is -1.80. The van der Waals surface area contributed by atoms with Gasteiger partial charge >= 0.3 is 6.09 Å². The highest BCUT2D eigenvalue weighted by Crippen LogP contribution is 2.28. The normalized spacial score (nSPS) is 12.7. The number of para-hydroxylation sites is 1. The van der Waals surface area contributed by atoms with Gasteiger partial charge in [0.25, 0.3) is 5.91 Å². The van der Waals surface area contributed by atoms with Crippen LogP contribution in [-0.4, -0.2) is 46.9 Å². The van der Waals surface area contributed by atoms with Crippen molar-refractivity contribution in [3.8, 4) is 0 Å². The van der Waals surface area contributed by atoms with Gasteiger partial charge in [0.15, 0.2) is 0 Å². The van der Waals surface area contributed by atoms with Crippen LogP contribution >= 0.6 is 0 Å². The van der Waals surface area contributed by atoms with Crippen LogP contribution in [0.1, 0.15) is 68.8 Å². The number of carbonyl (C=O) groups excluding carboxylic acids is 4. The van der Waals surface area contributed by atoms with Gasteiger partial charge in [-0.3, -0.25) is 14.4 Å². The molecule has 206 valence electrons. The number of hydrogen-bond acceptors (Lipinski definition) is 5. The number of hydrogen-bond donors (Lipinski definition) is 3. The Bertz CT molecular complexity index is 1150. The van der Waals surface area contributed by atoms with Crippen molar-refractivity contribution in [2.45, 2.75) is 79.0 Å². The summed E-state index contributed by atoms with van der Waals surface area (Å²) in [7, 11) is 0. The largest absolute Gasteiger partial charge is 0.444 e. The Morgan fingerprint density at radius 1 is 1.00 bits per heavy atom. The molecule has 2 atom stereocenters. The highest BCUT2D eigenvalue weighted by atomic mass is 16.6. The first-order valence-corrected chi connectivity index (χ1v) is 12.8. The maximum absolute atomic E-state index is 13.9. The molecule has 4 N–H and O–H groups in total. The number of rotatable bonds is 10. The summed E-state index contributed by atoms with van der Waals surface area (Å²) >= 11 is 0. The van der Waals surface area contributed by atoms with Gasteiger partial charge in [-0.2, -0.15) is 0 Å². The number of anilines is 1. The summed E-state index contributed by atoms with van der Waals surface area (Å²) in [5.41, 5.74) is 8.56. The molecule has 0 aromatic heterocycles. The first-order chi connectivity index (χ1) is 17.7. The van der Waals surface area contributed by atoms with E-state index < -0.39 is 47.9 Å². The van der Waals surface area contributed by atoms with Gasteiger partial charge in [0, 0.05) is 12.2 Å². The molecule has 0 saturated heterocycles. The number of primary amides is 1. The zero-order valence-electron chi connectivity index (χ0n) is 23.4. The minimum Gasteiger partial charge on any atom is -0.444 e. The van der Waals surface area contributed by atoms with E-state index in [-0.39, 0.29) is 6.54 Å². The van der Waals surface area contributed by atoms with Crippen LogP contribution in [0.25, 0.3) is 0 Å². The molecule has 0 aliphatic heterocycles. The summed E-state index contributed by atoms with van der Waals surface area (Å²) < 4.78 is 5.30. The number of ether oxygens (including phenoxy) is 1. The van der Waals surface area contributed by atoms with Crippen LogP contribution < -0.4 is 16.4 Å². The van der Waals surface area contributed by atoms with E-state index in [0.29, 0.717) is 17.7 Å². The van der Waals surface area contributed by atoms with E-state index in [9.17, 15) is 19.2 Å². The number of nitrogens with zero attached hydrogens (tertiary/aromatic N) is 1. The van der Waals surface area contributed by atoms with Gasteiger partial charge < -0.3 is 26.0 Å². The summed E-state index contributed by atoms with van der Waals surface area (Å²) in [5, 5.41) is 5.49. The number of amides is 4. The minimum atomic E-state index is -1.31. The third-order valence-electron chi connectivity index (χ3n) is 5.79. The monoisotopic (exact) mass is 524 g/mol. The zero-order valence-corrected chi connectivity index (χ0v) is 23.4. The third-order valence-corrected chi connectivity index (χ3v) is 5.79.